The highest BCUT2D eigenvalue weighted by molar-refractivity contribution is 5.97. The lowest BCUT2D eigenvalue weighted by atomic mass is 10.1. The van der Waals surface area contributed by atoms with Crippen LogP contribution in [0.4, 0.5) is 4.39 Å². The molecule has 0 fully saturated rings. The Morgan fingerprint density at radius 3 is 2.69 bits per heavy atom. The number of amides is 2. The van der Waals surface area contributed by atoms with Crippen molar-refractivity contribution in [1.82, 2.24) is 25.6 Å². The lowest BCUT2D eigenvalue weighted by Crippen LogP contribution is -2.42. The van der Waals surface area contributed by atoms with E-state index in [2.05, 4.69) is 20.9 Å². The third kappa shape index (κ3) is 3.60. The predicted octanol–water partition coefficient (Wildman–Crippen LogP) is 2.80. The molecule has 0 radical (unpaired) electrons. The highest BCUT2D eigenvalue weighted by atomic mass is 19.1. The normalized spacial score (nSPS) is 10.8. The van der Waals surface area contributed by atoms with E-state index in [-0.39, 0.29) is 23.6 Å². The van der Waals surface area contributed by atoms with Crippen molar-refractivity contribution in [2.45, 2.75) is 13.3 Å². The maximum atomic E-state index is 14.0. The van der Waals surface area contributed by atoms with Crippen molar-refractivity contribution in [3.05, 3.63) is 83.6 Å². The summed E-state index contributed by atoms with van der Waals surface area (Å²) in [6, 6.07) is 13.8. The van der Waals surface area contributed by atoms with Gasteiger partial charge in [0.1, 0.15) is 11.5 Å². The van der Waals surface area contributed by atoms with E-state index in [0.29, 0.717) is 5.69 Å². The largest absolute Gasteiger partial charge is 0.361 e. The van der Waals surface area contributed by atoms with Gasteiger partial charge in [0.25, 0.3) is 5.91 Å². The Morgan fingerprint density at radius 1 is 1.10 bits per heavy atom. The summed E-state index contributed by atoms with van der Waals surface area (Å²) in [4.78, 5) is 27.8. The Morgan fingerprint density at radius 2 is 1.86 bits per heavy atom. The zero-order valence-corrected chi connectivity index (χ0v) is 15.6. The number of halogens is 1. The number of nitrogens with zero attached hydrogens (tertiary/aromatic N) is 2. The molecule has 29 heavy (non-hydrogen) atoms. The summed E-state index contributed by atoms with van der Waals surface area (Å²) >= 11 is 0. The molecule has 0 aliphatic carbocycles. The van der Waals surface area contributed by atoms with Crippen LogP contribution in [0.25, 0.3) is 16.6 Å². The Bertz CT molecular complexity index is 1210. The third-order valence-corrected chi connectivity index (χ3v) is 4.68. The maximum absolute atomic E-state index is 14.0. The predicted molar refractivity (Wildman–Crippen MR) is 106 cm³/mol. The summed E-state index contributed by atoms with van der Waals surface area (Å²) < 4.78 is 15.3. The van der Waals surface area contributed by atoms with E-state index in [1.807, 2.05) is 24.3 Å². The number of hydrogen-bond acceptors (Lipinski definition) is 3. The van der Waals surface area contributed by atoms with Crippen LogP contribution in [-0.2, 0) is 11.2 Å². The first-order valence-corrected chi connectivity index (χ1v) is 8.98. The molecule has 0 atom stereocenters. The lowest BCUT2D eigenvalue weighted by Gasteiger charge is -2.08. The van der Waals surface area contributed by atoms with Crippen LogP contribution in [0.1, 0.15) is 21.6 Å². The number of hydrogen-bond donors (Lipinski definition) is 3. The van der Waals surface area contributed by atoms with Gasteiger partial charge >= 0.3 is 0 Å². The van der Waals surface area contributed by atoms with Gasteiger partial charge in [-0.05, 0) is 30.7 Å². The molecule has 0 aliphatic heterocycles. The number of carbonyl (C=O) groups is 2. The van der Waals surface area contributed by atoms with E-state index in [4.69, 9.17) is 0 Å². The van der Waals surface area contributed by atoms with Crippen molar-refractivity contribution in [3.8, 4) is 5.69 Å². The van der Waals surface area contributed by atoms with E-state index in [9.17, 15) is 14.0 Å². The van der Waals surface area contributed by atoms with Crippen molar-refractivity contribution in [1.29, 1.82) is 0 Å². The van der Waals surface area contributed by atoms with Crippen LogP contribution in [0.5, 0.6) is 0 Å². The number of benzene rings is 2. The van der Waals surface area contributed by atoms with Crippen molar-refractivity contribution >= 4 is 22.7 Å². The van der Waals surface area contributed by atoms with Crippen LogP contribution in [0.2, 0.25) is 0 Å². The van der Waals surface area contributed by atoms with Gasteiger partial charge in [0.15, 0.2) is 0 Å². The highest BCUT2D eigenvalue weighted by Gasteiger charge is 2.17. The number of nitrogens with one attached hydrogen (secondary N) is 3. The molecule has 2 amide bonds. The average Bonchev–Trinajstić information content (AvgIpc) is 3.30. The number of rotatable bonds is 4. The monoisotopic (exact) mass is 391 g/mol. The molecule has 4 aromatic rings. The van der Waals surface area contributed by atoms with Gasteiger partial charge in [0.2, 0.25) is 5.91 Å². The van der Waals surface area contributed by atoms with E-state index in [0.717, 1.165) is 16.5 Å². The molecule has 0 aliphatic rings. The molecule has 0 unspecified atom stereocenters. The SMILES string of the molecule is Cc1c(C(=O)NNC(=O)Cc2c[nH]c3ccccc23)cnn1-c1ccccc1F. The van der Waals surface area contributed by atoms with E-state index in [1.54, 1.807) is 31.3 Å². The molecule has 0 bridgehead atoms. The number of aromatic nitrogens is 3. The fourth-order valence-electron chi connectivity index (χ4n) is 3.19. The number of fused-ring (bicyclic) bond motifs is 1. The maximum Gasteiger partial charge on any atom is 0.273 e. The summed E-state index contributed by atoms with van der Waals surface area (Å²) in [6.07, 6.45) is 3.22. The molecule has 3 N–H and O–H groups in total. The molecule has 0 saturated heterocycles. The van der Waals surface area contributed by atoms with E-state index in [1.165, 1.54) is 16.9 Å². The summed E-state index contributed by atoms with van der Waals surface area (Å²) in [5, 5.41) is 5.04. The first-order valence-electron chi connectivity index (χ1n) is 8.98. The molecule has 0 saturated carbocycles. The van der Waals surface area contributed by atoms with Crippen LogP contribution in [0, 0.1) is 12.7 Å². The summed E-state index contributed by atoms with van der Waals surface area (Å²) in [5.74, 6) is -1.34. The standard InChI is InChI=1S/C21H18FN5O2/c1-13-16(12-24-27(13)19-9-5-3-7-17(19)22)21(29)26-25-20(28)10-14-11-23-18-8-4-2-6-15(14)18/h2-9,11-12,23H,10H2,1H3,(H,25,28)(H,26,29). The van der Waals surface area contributed by atoms with Crippen molar-refractivity contribution < 1.29 is 14.0 Å². The molecule has 2 heterocycles. The van der Waals surface area contributed by atoms with Gasteiger partial charge in [-0.1, -0.05) is 30.3 Å². The quantitative estimate of drug-likeness (QED) is 0.467. The minimum Gasteiger partial charge on any atom is -0.361 e. The first-order chi connectivity index (χ1) is 14.0. The molecule has 7 nitrogen and oxygen atoms in total. The Labute approximate surface area is 165 Å². The van der Waals surface area contributed by atoms with Crippen molar-refractivity contribution in [2.24, 2.45) is 0 Å². The van der Waals surface area contributed by atoms with Gasteiger partial charge < -0.3 is 4.98 Å². The van der Waals surface area contributed by atoms with Crippen LogP contribution < -0.4 is 10.9 Å². The smallest absolute Gasteiger partial charge is 0.273 e. The van der Waals surface area contributed by atoms with Crippen LogP contribution in [0.3, 0.4) is 0 Å². The second-order valence-corrected chi connectivity index (χ2v) is 6.55. The number of hydrazine groups is 1. The second kappa shape index (κ2) is 7.59. The van der Waals surface area contributed by atoms with Gasteiger partial charge in [0, 0.05) is 17.1 Å². The Balaban J connectivity index is 1.42. The average molecular weight is 391 g/mol. The number of aromatic amines is 1. The molecule has 146 valence electrons. The van der Waals surface area contributed by atoms with Gasteiger partial charge in [-0.25, -0.2) is 9.07 Å². The number of H-pyrrole nitrogens is 1. The van der Waals surface area contributed by atoms with Gasteiger partial charge in [-0.15, -0.1) is 0 Å². The van der Waals surface area contributed by atoms with E-state index < -0.39 is 11.7 Å². The zero-order valence-electron chi connectivity index (χ0n) is 15.6. The van der Waals surface area contributed by atoms with Gasteiger partial charge in [-0.3, -0.25) is 20.4 Å². The van der Waals surface area contributed by atoms with Gasteiger partial charge in [-0.2, -0.15) is 5.10 Å². The highest BCUT2D eigenvalue weighted by Crippen LogP contribution is 2.18. The molecule has 0 spiro atoms. The molecular weight excluding hydrogens is 373 g/mol. The van der Waals surface area contributed by atoms with Crippen LogP contribution >= 0.6 is 0 Å². The van der Waals surface area contributed by atoms with Gasteiger partial charge in [0.05, 0.1) is 23.9 Å². The van der Waals surface area contributed by atoms with E-state index >= 15 is 0 Å². The minimum absolute atomic E-state index is 0.109. The summed E-state index contributed by atoms with van der Waals surface area (Å²) in [7, 11) is 0. The van der Waals surface area contributed by atoms with Crippen molar-refractivity contribution in [3.63, 3.8) is 0 Å². The lowest BCUT2D eigenvalue weighted by molar-refractivity contribution is -0.121. The first kappa shape index (κ1) is 18.4. The number of carbonyl (C=O) groups excluding carboxylic acids is 2. The summed E-state index contributed by atoms with van der Waals surface area (Å²) in [5.41, 5.74) is 7.50. The number of para-hydroxylation sites is 2. The Hall–Kier alpha value is -3.94. The zero-order chi connectivity index (χ0) is 20.4. The fraction of sp³-hybridized carbons (Fsp3) is 0.0952. The van der Waals surface area contributed by atoms with Crippen LogP contribution in [-0.4, -0.2) is 26.6 Å². The minimum atomic E-state index is -0.530. The molecule has 2 aromatic heterocycles. The van der Waals surface area contributed by atoms with Crippen molar-refractivity contribution in [2.75, 3.05) is 0 Å². The molecule has 4 rings (SSSR count). The van der Waals surface area contributed by atoms with Crippen LogP contribution in [0.15, 0.2) is 60.9 Å². The molecule has 8 heteroatoms. The second-order valence-electron chi connectivity index (χ2n) is 6.55. The third-order valence-electron chi connectivity index (χ3n) is 4.68. The molecular formula is C21H18FN5O2. The Kier molecular flexibility index (Phi) is 4.82. The topological polar surface area (TPSA) is 91.8 Å². The molecule has 2 aromatic carbocycles. The fourth-order valence-corrected chi connectivity index (χ4v) is 3.19. The summed E-state index contributed by atoms with van der Waals surface area (Å²) in [6.45, 7) is 1.65.